The molecule has 5 heteroatoms. The fourth-order valence-electron chi connectivity index (χ4n) is 2.39. The van der Waals surface area contributed by atoms with Gasteiger partial charge in [-0.15, -0.1) is 10.2 Å². The highest BCUT2D eigenvalue weighted by atomic mass is 79.9. The lowest BCUT2D eigenvalue weighted by Crippen LogP contribution is -2.27. The lowest BCUT2D eigenvalue weighted by atomic mass is 9.87. The number of aromatic nitrogens is 3. The van der Waals surface area contributed by atoms with Crippen molar-refractivity contribution < 1.29 is 4.39 Å². The molecule has 21 heavy (non-hydrogen) atoms. The maximum absolute atomic E-state index is 16.1. The first-order chi connectivity index (χ1) is 10.1. The Balaban J connectivity index is 2.28. The van der Waals surface area contributed by atoms with Crippen molar-refractivity contribution in [1.82, 2.24) is 14.8 Å². The van der Waals surface area contributed by atoms with Crippen LogP contribution in [0.25, 0.3) is 0 Å². The summed E-state index contributed by atoms with van der Waals surface area (Å²) in [6.45, 7) is 0. The van der Waals surface area contributed by atoms with Crippen LogP contribution < -0.4 is 0 Å². The van der Waals surface area contributed by atoms with Crippen LogP contribution in [0.1, 0.15) is 17.0 Å². The molecule has 1 aromatic heterocycles. The Kier molecular flexibility index (Phi) is 3.59. The summed E-state index contributed by atoms with van der Waals surface area (Å²) in [6.07, 6.45) is 1.50. The number of nitrogens with zero attached hydrogens (tertiary/aromatic N) is 3. The predicted molar refractivity (Wildman–Crippen MR) is 82.6 cm³/mol. The Labute approximate surface area is 130 Å². The average molecular weight is 346 g/mol. The second-order valence-corrected chi connectivity index (χ2v) is 5.72. The molecular weight excluding hydrogens is 333 g/mol. The molecule has 2 aromatic carbocycles. The Morgan fingerprint density at radius 2 is 1.76 bits per heavy atom. The summed E-state index contributed by atoms with van der Waals surface area (Å²) in [5.74, 6) is 0.256. The molecule has 0 saturated carbocycles. The van der Waals surface area contributed by atoms with Crippen LogP contribution in [-0.2, 0) is 12.7 Å². The first-order valence-corrected chi connectivity index (χ1v) is 7.26. The third kappa shape index (κ3) is 2.38. The number of hydrogen-bond acceptors (Lipinski definition) is 2. The zero-order chi connectivity index (χ0) is 14.9. The van der Waals surface area contributed by atoms with Crippen molar-refractivity contribution in [2.24, 2.45) is 7.05 Å². The van der Waals surface area contributed by atoms with Crippen molar-refractivity contribution in [1.29, 1.82) is 0 Å². The van der Waals surface area contributed by atoms with Crippen LogP contribution >= 0.6 is 15.9 Å². The molecule has 3 nitrogen and oxygen atoms in total. The summed E-state index contributed by atoms with van der Waals surface area (Å²) >= 11 is 3.40. The zero-order valence-corrected chi connectivity index (χ0v) is 13.0. The number of benzene rings is 2. The van der Waals surface area contributed by atoms with Crippen molar-refractivity contribution in [2.75, 3.05) is 0 Å². The summed E-state index contributed by atoms with van der Waals surface area (Å²) in [5.41, 5.74) is -0.811. The number of halogens is 2. The molecule has 0 aliphatic carbocycles. The average Bonchev–Trinajstić information content (AvgIpc) is 2.94. The van der Waals surface area contributed by atoms with E-state index in [4.69, 9.17) is 0 Å². The van der Waals surface area contributed by atoms with Crippen molar-refractivity contribution in [3.8, 4) is 0 Å². The van der Waals surface area contributed by atoms with Gasteiger partial charge in [0, 0.05) is 22.6 Å². The molecule has 106 valence electrons. The molecule has 0 amide bonds. The van der Waals surface area contributed by atoms with E-state index >= 15 is 4.39 Å². The van der Waals surface area contributed by atoms with Crippen LogP contribution in [-0.4, -0.2) is 14.8 Å². The number of hydrogen-bond donors (Lipinski definition) is 0. The van der Waals surface area contributed by atoms with Crippen LogP contribution in [0.4, 0.5) is 4.39 Å². The van der Waals surface area contributed by atoms with Crippen molar-refractivity contribution in [3.63, 3.8) is 0 Å². The van der Waals surface area contributed by atoms with Gasteiger partial charge in [-0.2, -0.15) is 0 Å². The molecule has 0 fully saturated rings. The van der Waals surface area contributed by atoms with Crippen molar-refractivity contribution >= 4 is 15.9 Å². The Bertz CT molecular complexity index is 757. The van der Waals surface area contributed by atoms with E-state index < -0.39 is 5.67 Å². The Morgan fingerprint density at radius 1 is 1.05 bits per heavy atom. The molecule has 3 aromatic rings. The lowest BCUT2D eigenvalue weighted by Gasteiger charge is -2.25. The van der Waals surface area contributed by atoms with Crippen LogP contribution in [0.2, 0.25) is 0 Å². The maximum atomic E-state index is 16.1. The highest BCUT2D eigenvalue weighted by molar-refractivity contribution is 9.10. The number of rotatable bonds is 3. The minimum absolute atomic E-state index is 0.256. The minimum atomic E-state index is -1.85. The number of alkyl halides is 1. The van der Waals surface area contributed by atoms with Gasteiger partial charge in [-0.25, -0.2) is 4.39 Å². The van der Waals surface area contributed by atoms with Crippen LogP contribution in [0, 0.1) is 0 Å². The van der Waals surface area contributed by atoms with Gasteiger partial charge < -0.3 is 4.57 Å². The van der Waals surface area contributed by atoms with Gasteiger partial charge in [-0.1, -0.05) is 58.4 Å². The SMILES string of the molecule is Cn1cnnc1C(F)(c1ccccc1)c1cccc(Br)c1. The molecule has 1 unspecified atom stereocenters. The van der Waals surface area contributed by atoms with E-state index in [1.165, 1.54) is 6.33 Å². The summed E-state index contributed by atoms with van der Waals surface area (Å²) in [7, 11) is 1.74. The first kappa shape index (κ1) is 13.9. The molecule has 0 aliphatic heterocycles. The van der Waals surface area contributed by atoms with Gasteiger partial charge in [0.25, 0.3) is 0 Å². The molecule has 0 saturated heterocycles. The van der Waals surface area contributed by atoms with Crippen molar-refractivity contribution in [3.05, 3.63) is 82.3 Å². The van der Waals surface area contributed by atoms with E-state index in [0.717, 1.165) is 4.47 Å². The highest BCUT2D eigenvalue weighted by Crippen LogP contribution is 2.39. The summed E-state index contributed by atoms with van der Waals surface area (Å²) in [5, 5.41) is 7.82. The van der Waals surface area contributed by atoms with E-state index in [2.05, 4.69) is 26.1 Å². The van der Waals surface area contributed by atoms with Gasteiger partial charge >= 0.3 is 0 Å². The van der Waals surface area contributed by atoms with E-state index in [9.17, 15) is 0 Å². The summed E-state index contributed by atoms with van der Waals surface area (Å²) in [4.78, 5) is 0. The third-order valence-corrected chi connectivity index (χ3v) is 3.91. The number of aryl methyl sites for hydroxylation is 1. The van der Waals surface area contributed by atoms with E-state index in [1.54, 1.807) is 35.9 Å². The monoisotopic (exact) mass is 345 g/mol. The second kappa shape index (κ2) is 5.41. The topological polar surface area (TPSA) is 30.7 Å². The minimum Gasteiger partial charge on any atom is -0.317 e. The van der Waals surface area contributed by atoms with Gasteiger partial charge in [-0.3, -0.25) is 0 Å². The molecule has 0 spiro atoms. The molecule has 0 radical (unpaired) electrons. The van der Waals surface area contributed by atoms with E-state index in [1.807, 2.05) is 30.3 Å². The van der Waals surface area contributed by atoms with Gasteiger partial charge in [0.2, 0.25) is 5.67 Å². The maximum Gasteiger partial charge on any atom is 0.220 e. The van der Waals surface area contributed by atoms with E-state index in [0.29, 0.717) is 11.1 Å². The normalized spacial score (nSPS) is 13.9. The van der Waals surface area contributed by atoms with Crippen LogP contribution in [0.5, 0.6) is 0 Å². The van der Waals surface area contributed by atoms with Gasteiger partial charge in [0.05, 0.1) is 0 Å². The fraction of sp³-hybridized carbons (Fsp3) is 0.125. The van der Waals surface area contributed by atoms with E-state index in [-0.39, 0.29) is 5.82 Å². The third-order valence-electron chi connectivity index (χ3n) is 3.41. The van der Waals surface area contributed by atoms with Gasteiger partial charge in [0.1, 0.15) is 6.33 Å². The molecule has 0 aliphatic rings. The van der Waals surface area contributed by atoms with Gasteiger partial charge in [0.15, 0.2) is 5.82 Å². The smallest absolute Gasteiger partial charge is 0.220 e. The summed E-state index contributed by atoms with van der Waals surface area (Å²) < 4.78 is 18.5. The standard InChI is InChI=1S/C16H13BrFN3/c1-21-11-19-20-15(21)16(18,12-6-3-2-4-7-12)13-8-5-9-14(17)10-13/h2-11H,1H3. The molecule has 3 rings (SSSR count). The fourth-order valence-corrected chi connectivity index (χ4v) is 2.79. The molecular formula is C16H13BrFN3. The summed E-state index contributed by atoms with van der Waals surface area (Å²) in [6, 6.07) is 16.2. The van der Waals surface area contributed by atoms with Crippen LogP contribution in [0.15, 0.2) is 65.4 Å². The molecule has 1 heterocycles. The van der Waals surface area contributed by atoms with Crippen LogP contribution in [0.3, 0.4) is 0 Å². The predicted octanol–water partition coefficient (Wildman–Crippen LogP) is 3.84. The highest BCUT2D eigenvalue weighted by Gasteiger charge is 2.40. The molecule has 0 bridgehead atoms. The molecule has 0 N–H and O–H groups in total. The molecule has 1 atom stereocenters. The van der Waals surface area contributed by atoms with Crippen molar-refractivity contribution in [2.45, 2.75) is 5.67 Å². The van der Waals surface area contributed by atoms with Gasteiger partial charge in [-0.05, 0) is 12.1 Å². The lowest BCUT2D eigenvalue weighted by molar-refractivity contribution is 0.258. The quantitative estimate of drug-likeness (QED) is 0.722. The Hall–Kier alpha value is -2.01. The largest absolute Gasteiger partial charge is 0.317 e. The second-order valence-electron chi connectivity index (χ2n) is 4.80. The first-order valence-electron chi connectivity index (χ1n) is 6.47. The zero-order valence-electron chi connectivity index (χ0n) is 11.4. The Morgan fingerprint density at radius 3 is 2.38 bits per heavy atom.